The number of nitrogens with one attached hydrogen (secondary N) is 2. The maximum atomic E-state index is 12.6. The Bertz CT molecular complexity index is 764. The standard InChI is InChI=1S/C20H27N3O2/c1-14-11-20(13-21-12-14,23-18(24)25-19(2,3)4)16-8-5-9-17-15(16)7-6-10-22-17/h5-10,14,21H,11-13H2,1-4H3,(H,23,24)/t14-,20-/m0/s1. The number of rotatable bonds is 2. The van der Waals surface area contributed by atoms with Crippen LogP contribution in [0.4, 0.5) is 4.79 Å². The van der Waals surface area contributed by atoms with Crippen molar-refractivity contribution in [2.24, 2.45) is 5.92 Å². The number of fused-ring (bicyclic) bond motifs is 1. The van der Waals surface area contributed by atoms with Crippen molar-refractivity contribution in [3.63, 3.8) is 0 Å². The molecule has 5 heteroatoms. The summed E-state index contributed by atoms with van der Waals surface area (Å²) in [5.74, 6) is 0.440. The summed E-state index contributed by atoms with van der Waals surface area (Å²) in [7, 11) is 0. The number of hydrogen-bond acceptors (Lipinski definition) is 4. The molecule has 1 amide bonds. The fraction of sp³-hybridized carbons (Fsp3) is 0.500. The lowest BCUT2D eigenvalue weighted by atomic mass is 9.77. The van der Waals surface area contributed by atoms with Crippen LogP contribution in [-0.2, 0) is 10.3 Å². The van der Waals surface area contributed by atoms with E-state index in [2.05, 4.69) is 34.7 Å². The minimum Gasteiger partial charge on any atom is -0.444 e. The summed E-state index contributed by atoms with van der Waals surface area (Å²) >= 11 is 0. The number of nitrogens with zero attached hydrogens (tertiary/aromatic N) is 1. The third kappa shape index (κ3) is 3.93. The van der Waals surface area contributed by atoms with Crippen LogP contribution in [0.25, 0.3) is 10.9 Å². The summed E-state index contributed by atoms with van der Waals surface area (Å²) in [6.45, 7) is 9.45. The zero-order valence-corrected chi connectivity index (χ0v) is 15.4. The van der Waals surface area contributed by atoms with Crippen LogP contribution in [0.15, 0.2) is 36.5 Å². The average molecular weight is 341 g/mol. The van der Waals surface area contributed by atoms with Crippen molar-refractivity contribution in [2.45, 2.75) is 45.3 Å². The third-order valence-electron chi connectivity index (χ3n) is 4.52. The van der Waals surface area contributed by atoms with Crippen LogP contribution in [0.3, 0.4) is 0 Å². The molecule has 2 heterocycles. The molecule has 1 aliphatic rings. The van der Waals surface area contributed by atoms with Crippen molar-refractivity contribution in [1.82, 2.24) is 15.6 Å². The lowest BCUT2D eigenvalue weighted by molar-refractivity contribution is 0.0416. The van der Waals surface area contributed by atoms with Gasteiger partial charge in [0, 0.05) is 18.1 Å². The predicted molar refractivity (Wildman–Crippen MR) is 99.4 cm³/mol. The van der Waals surface area contributed by atoms with E-state index in [1.54, 1.807) is 6.20 Å². The van der Waals surface area contributed by atoms with Crippen LogP contribution in [0.1, 0.15) is 39.7 Å². The molecule has 0 spiro atoms. The van der Waals surface area contributed by atoms with Crippen LogP contribution >= 0.6 is 0 Å². The molecule has 0 bridgehead atoms. The van der Waals surface area contributed by atoms with Crippen molar-refractivity contribution in [3.05, 3.63) is 42.1 Å². The molecule has 2 aromatic rings. The molecule has 134 valence electrons. The Morgan fingerprint density at radius 1 is 1.32 bits per heavy atom. The van der Waals surface area contributed by atoms with E-state index in [1.165, 1.54) is 0 Å². The smallest absolute Gasteiger partial charge is 0.408 e. The quantitative estimate of drug-likeness (QED) is 0.876. The minimum atomic E-state index is -0.528. The molecule has 0 saturated carbocycles. The highest BCUT2D eigenvalue weighted by Crippen LogP contribution is 2.35. The molecule has 1 aromatic heterocycles. The van der Waals surface area contributed by atoms with E-state index in [1.807, 2.05) is 39.0 Å². The summed E-state index contributed by atoms with van der Waals surface area (Å²) in [5, 5.41) is 7.71. The average Bonchev–Trinajstić information content (AvgIpc) is 2.52. The molecule has 0 aliphatic carbocycles. The largest absolute Gasteiger partial charge is 0.444 e. The highest BCUT2D eigenvalue weighted by Gasteiger charge is 2.40. The van der Waals surface area contributed by atoms with Crippen LogP contribution < -0.4 is 10.6 Å². The van der Waals surface area contributed by atoms with Gasteiger partial charge in [-0.25, -0.2) is 4.79 Å². The fourth-order valence-corrected chi connectivity index (χ4v) is 3.66. The van der Waals surface area contributed by atoms with E-state index in [-0.39, 0.29) is 6.09 Å². The van der Waals surface area contributed by atoms with Gasteiger partial charge >= 0.3 is 6.09 Å². The molecule has 3 rings (SSSR count). The number of aromatic nitrogens is 1. The van der Waals surface area contributed by atoms with Gasteiger partial charge in [0.15, 0.2) is 0 Å². The van der Waals surface area contributed by atoms with Crippen LogP contribution in [0.5, 0.6) is 0 Å². The zero-order chi connectivity index (χ0) is 18.1. The van der Waals surface area contributed by atoms with Crippen molar-refractivity contribution in [1.29, 1.82) is 0 Å². The molecule has 1 saturated heterocycles. The van der Waals surface area contributed by atoms with Gasteiger partial charge in [-0.3, -0.25) is 4.98 Å². The molecule has 1 aromatic carbocycles. The van der Waals surface area contributed by atoms with Crippen molar-refractivity contribution >= 4 is 17.0 Å². The van der Waals surface area contributed by atoms with Crippen molar-refractivity contribution in [3.8, 4) is 0 Å². The Hall–Kier alpha value is -2.14. The first-order chi connectivity index (χ1) is 11.8. The van der Waals surface area contributed by atoms with Gasteiger partial charge in [-0.1, -0.05) is 25.1 Å². The van der Waals surface area contributed by atoms with Gasteiger partial charge in [0.25, 0.3) is 0 Å². The Kier molecular flexibility index (Phi) is 4.69. The molecule has 0 radical (unpaired) electrons. The number of benzene rings is 1. The maximum absolute atomic E-state index is 12.6. The number of alkyl carbamates (subject to hydrolysis) is 1. The number of carbonyl (C=O) groups is 1. The SMILES string of the molecule is C[C@@H]1CNC[C@](NC(=O)OC(C)(C)C)(c2cccc3ncccc23)C1. The fourth-order valence-electron chi connectivity index (χ4n) is 3.66. The number of ether oxygens (including phenoxy) is 1. The topological polar surface area (TPSA) is 63.2 Å². The van der Waals surface area contributed by atoms with Crippen molar-refractivity contribution < 1.29 is 9.53 Å². The van der Waals surface area contributed by atoms with Crippen LogP contribution in [-0.4, -0.2) is 29.8 Å². The molecule has 5 nitrogen and oxygen atoms in total. The van der Waals surface area contributed by atoms with Gasteiger partial charge in [-0.15, -0.1) is 0 Å². The van der Waals surface area contributed by atoms with Gasteiger partial charge in [0.2, 0.25) is 0 Å². The lowest BCUT2D eigenvalue weighted by Gasteiger charge is -2.42. The number of pyridine rings is 1. The third-order valence-corrected chi connectivity index (χ3v) is 4.52. The monoisotopic (exact) mass is 341 g/mol. The number of piperidine rings is 1. The minimum absolute atomic E-state index is 0.385. The van der Waals surface area contributed by atoms with E-state index in [0.717, 1.165) is 29.4 Å². The highest BCUT2D eigenvalue weighted by atomic mass is 16.6. The molecule has 25 heavy (non-hydrogen) atoms. The van der Waals surface area contributed by atoms with E-state index in [0.29, 0.717) is 12.5 Å². The molecule has 1 fully saturated rings. The first-order valence-corrected chi connectivity index (χ1v) is 8.85. The first-order valence-electron chi connectivity index (χ1n) is 8.85. The summed E-state index contributed by atoms with van der Waals surface area (Å²) in [4.78, 5) is 17.0. The lowest BCUT2D eigenvalue weighted by Crippen LogP contribution is -2.58. The van der Waals surface area contributed by atoms with Gasteiger partial charge in [-0.05, 0) is 57.4 Å². The Balaban J connectivity index is 2.04. The van der Waals surface area contributed by atoms with Gasteiger partial charge in [-0.2, -0.15) is 0 Å². The summed E-state index contributed by atoms with van der Waals surface area (Å²) in [6.07, 6.45) is 2.26. The first kappa shape index (κ1) is 17.7. The Labute approximate surface area is 149 Å². The second kappa shape index (κ2) is 6.64. The normalized spacial score (nSPS) is 24.1. The molecule has 0 unspecified atom stereocenters. The van der Waals surface area contributed by atoms with Gasteiger partial charge in [0.05, 0.1) is 11.1 Å². The Morgan fingerprint density at radius 2 is 2.12 bits per heavy atom. The highest BCUT2D eigenvalue weighted by molar-refractivity contribution is 5.84. The summed E-state index contributed by atoms with van der Waals surface area (Å²) < 4.78 is 5.54. The van der Waals surface area contributed by atoms with Gasteiger partial charge in [0.1, 0.15) is 5.60 Å². The number of amides is 1. The Morgan fingerprint density at radius 3 is 2.84 bits per heavy atom. The molecular weight excluding hydrogens is 314 g/mol. The summed E-state index contributed by atoms with van der Waals surface area (Å²) in [5.41, 5.74) is 0.980. The van der Waals surface area contributed by atoms with E-state index < -0.39 is 11.1 Å². The maximum Gasteiger partial charge on any atom is 0.408 e. The molecule has 2 atom stereocenters. The van der Waals surface area contributed by atoms with E-state index in [4.69, 9.17) is 4.74 Å². The molecule has 2 N–H and O–H groups in total. The second-order valence-electron chi connectivity index (χ2n) is 8.02. The predicted octanol–water partition coefficient (Wildman–Crippen LogP) is 3.58. The van der Waals surface area contributed by atoms with Crippen LogP contribution in [0, 0.1) is 5.92 Å². The van der Waals surface area contributed by atoms with E-state index >= 15 is 0 Å². The second-order valence-corrected chi connectivity index (χ2v) is 8.02. The number of carbonyl (C=O) groups excluding carboxylic acids is 1. The van der Waals surface area contributed by atoms with Crippen LogP contribution in [0.2, 0.25) is 0 Å². The number of hydrogen-bond donors (Lipinski definition) is 2. The molecule has 1 aliphatic heterocycles. The van der Waals surface area contributed by atoms with Crippen molar-refractivity contribution in [2.75, 3.05) is 13.1 Å². The summed E-state index contributed by atoms with van der Waals surface area (Å²) in [6, 6.07) is 10.1. The zero-order valence-electron chi connectivity index (χ0n) is 15.4. The van der Waals surface area contributed by atoms with Gasteiger partial charge < -0.3 is 15.4 Å². The van der Waals surface area contributed by atoms with E-state index in [9.17, 15) is 4.79 Å². The molecular formula is C20H27N3O2.